The topological polar surface area (TPSA) is 49.8 Å². The average molecular weight is 213 g/mol. The van der Waals surface area contributed by atoms with E-state index in [1.165, 1.54) is 0 Å². The number of amides is 1. The molecule has 2 aliphatic rings. The highest BCUT2D eigenvalue weighted by molar-refractivity contribution is 5.77. The summed E-state index contributed by atoms with van der Waals surface area (Å²) in [6.07, 6.45) is 4.65. The first-order chi connectivity index (χ1) is 7.31. The van der Waals surface area contributed by atoms with Crippen LogP contribution in [0.2, 0.25) is 0 Å². The van der Waals surface area contributed by atoms with Gasteiger partial charge in [0, 0.05) is 13.2 Å². The van der Waals surface area contributed by atoms with Gasteiger partial charge in [0.15, 0.2) is 0 Å². The molecule has 0 bridgehead atoms. The third-order valence-electron chi connectivity index (χ3n) is 3.33. The number of ether oxygens (including phenoxy) is 1. The van der Waals surface area contributed by atoms with Crippen molar-refractivity contribution < 1.29 is 14.6 Å². The number of hydrogen-bond acceptors (Lipinski definition) is 3. The van der Waals surface area contributed by atoms with E-state index >= 15 is 0 Å². The summed E-state index contributed by atoms with van der Waals surface area (Å²) >= 11 is 0. The Morgan fingerprint density at radius 1 is 1.40 bits per heavy atom. The van der Waals surface area contributed by atoms with Crippen LogP contribution < -0.4 is 0 Å². The van der Waals surface area contributed by atoms with Gasteiger partial charge in [-0.3, -0.25) is 4.79 Å². The van der Waals surface area contributed by atoms with Gasteiger partial charge in [-0.05, 0) is 25.7 Å². The molecule has 2 atom stereocenters. The molecule has 0 saturated carbocycles. The fourth-order valence-corrected chi connectivity index (χ4v) is 2.47. The van der Waals surface area contributed by atoms with E-state index < -0.39 is 0 Å². The fourth-order valence-electron chi connectivity index (χ4n) is 2.47. The minimum absolute atomic E-state index is 0.0545. The van der Waals surface area contributed by atoms with Crippen LogP contribution >= 0.6 is 0 Å². The summed E-state index contributed by atoms with van der Waals surface area (Å²) in [4.78, 5) is 13.7. The van der Waals surface area contributed by atoms with Crippen molar-refractivity contribution in [2.75, 3.05) is 19.8 Å². The molecular formula is C11H19NO3. The molecule has 1 unspecified atom stereocenters. The predicted octanol–water partition coefficient (Wildman–Crippen LogP) is 0.539. The number of rotatable bonds is 3. The third kappa shape index (κ3) is 2.49. The first kappa shape index (κ1) is 10.9. The van der Waals surface area contributed by atoms with Gasteiger partial charge in [-0.2, -0.15) is 0 Å². The van der Waals surface area contributed by atoms with Crippen LogP contribution in [0.15, 0.2) is 0 Å². The second-order valence-corrected chi connectivity index (χ2v) is 4.40. The molecule has 0 spiro atoms. The third-order valence-corrected chi connectivity index (χ3v) is 3.33. The highest BCUT2D eigenvalue weighted by atomic mass is 16.5. The summed E-state index contributed by atoms with van der Waals surface area (Å²) in [5.41, 5.74) is 0. The van der Waals surface area contributed by atoms with Crippen LogP contribution in [0.3, 0.4) is 0 Å². The Labute approximate surface area is 90.2 Å². The molecule has 0 aromatic rings. The lowest BCUT2D eigenvalue weighted by Gasteiger charge is -2.24. The van der Waals surface area contributed by atoms with E-state index in [9.17, 15) is 4.79 Å². The second kappa shape index (κ2) is 4.94. The average Bonchev–Trinajstić information content (AvgIpc) is 2.86. The van der Waals surface area contributed by atoms with E-state index in [4.69, 9.17) is 9.84 Å². The molecule has 2 fully saturated rings. The number of likely N-dealkylation sites (tertiary alicyclic amines) is 1. The predicted molar refractivity (Wildman–Crippen MR) is 55.4 cm³/mol. The summed E-state index contributed by atoms with van der Waals surface area (Å²) in [5.74, 6) is 0.151. The maximum atomic E-state index is 11.9. The zero-order valence-electron chi connectivity index (χ0n) is 9.02. The van der Waals surface area contributed by atoms with Gasteiger partial charge < -0.3 is 14.7 Å². The maximum absolute atomic E-state index is 11.9. The molecule has 2 aliphatic heterocycles. The van der Waals surface area contributed by atoms with Gasteiger partial charge in [-0.25, -0.2) is 0 Å². The lowest BCUT2D eigenvalue weighted by Crippen LogP contribution is -2.39. The van der Waals surface area contributed by atoms with Crippen molar-refractivity contribution >= 4 is 5.91 Å². The van der Waals surface area contributed by atoms with Crippen molar-refractivity contribution in [3.8, 4) is 0 Å². The number of aliphatic hydroxyl groups is 1. The van der Waals surface area contributed by atoms with Crippen molar-refractivity contribution in [3.63, 3.8) is 0 Å². The Bertz CT molecular complexity index is 226. The van der Waals surface area contributed by atoms with Gasteiger partial charge in [-0.1, -0.05) is 0 Å². The molecule has 1 amide bonds. The largest absolute Gasteiger partial charge is 0.394 e. The lowest BCUT2D eigenvalue weighted by atomic mass is 10.1. The zero-order valence-corrected chi connectivity index (χ0v) is 9.02. The normalized spacial score (nSPS) is 31.1. The standard InChI is InChI=1S/C11H19NO3/c13-8-9-3-1-5-12(9)11(14)7-10-4-2-6-15-10/h9-10,13H,1-8H2/t9-,10?/m1/s1. The molecule has 0 aromatic heterocycles. The molecule has 1 N–H and O–H groups in total. The Hall–Kier alpha value is -0.610. The number of aliphatic hydroxyl groups excluding tert-OH is 1. The van der Waals surface area contributed by atoms with E-state index in [0.29, 0.717) is 6.42 Å². The number of hydrogen-bond donors (Lipinski definition) is 1. The van der Waals surface area contributed by atoms with E-state index in [-0.39, 0.29) is 24.7 Å². The van der Waals surface area contributed by atoms with Gasteiger partial charge in [-0.15, -0.1) is 0 Å². The quantitative estimate of drug-likeness (QED) is 0.744. The minimum atomic E-state index is 0.0545. The molecule has 86 valence electrons. The molecule has 0 aromatic carbocycles. The van der Waals surface area contributed by atoms with Crippen LogP contribution in [0.4, 0.5) is 0 Å². The van der Waals surface area contributed by atoms with Gasteiger partial charge >= 0.3 is 0 Å². The van der Waals surface area contributed by atoms with Crippen molar-refractivity contribution in [2.45, 2.75) is 44.2 Å². The summed E-state index contributed by atoms with van der Waals surface area (Å²) in [7, 11) is 0. The Morgan fingerprint density at radius 3 is 2.93 bits per heavy atom. The summed E-state index contributed by atoms with van der Waals surface area (Å²) in [5, 5.41) is 9.12. The van der Waals surface area contributed by atoms with Gasteiger partial charge in [0.1, 0.15) is 0 Å². The van der Waals surface area contributed by atoms with E-state index in [1.807, 2.05) is 4.90 Å². The molecular weight excluding hydrogens is 194 g/mol. The molecule has 15 heavy (non-hydrogen) atoms. The number of nitrogens with zero attached hydrogens (tertiary/aromatic N) is 1. The van der Waals surface area contributed by atoms with E-state index in [2.05, 4.69) is 0 Å². The van der Waals surface area contributed by atoms with Gasteiger partial charge in [0.2, 0.25) is 5.91 Å². The monoisotopic (exact) mass is 213 g/mol. The molecule has 0 radical (unpaired) electrons. The Balaban J connectivity index is 1.83. The van der Waals surface area contributed by atoms with Crippen LogP contribution in [-0.2, 0) is 9.53 Å². The van der Waals surface area contributed by atoms with Crippen molar-refractivity contribution in [2.24, 2.45) is 0 Å². The molecule has 2 rings (SSSR count). The van der Waals surface area contributed by atoms with E-state index in [0.717, 1.165) is 38.8 Å². The Morgan fingerprint density at radius 2 is 2.27 bits per heavy atom. The van der Waals surface area contributed by atoms with Crippen molar-refractivity contribution in [3.05, 3.63) is 0 Å². The maximum Gasteiger partial charge on any atom is 0.225 e. The van der Waals surface area contributed by atoms with Gasteiger partial charge in [0.25, 0.3) is 0 Å². The fraction of sp³-hybridized carbons (Fsp3) is 0.909. The highest BCUT2D eigenvalue weighted by Crippen LogP contribution is 2.21. The summed E-state index contributed by atoms with van der Waals surface area (Å²) < 4.78 is 5.44. The minimum Gasteiger partial charge on any atom is -0.394 e. The SMILES string of the molecule is O=C(CC1CCCO1)N1CCC[C@@H]1CO. The molecule has 4 heteroatoms. The summed E-state index contributed by atoms with van der Waals surface area (Å²) in [6.45, 7) is 1.69. The Kier molecular flexibility index (Phi) is 3.59. The first-order valence-corrected chi connectivity index (χ1v) is 5.83. The van der Waals surface area contributed by atoms with Crippen LogP contribution in [0.5, 0.6) is 0 Å². The number of carbonyl (C=O) groups is 1. The number of carbonyl (C=O) groups excluding carboxylic acids is 1. The van der Waals surface area contributed by atoms with Crippen molar-refractivity contribution in [1.29, 1.82) is 0 Å². The smallest absolute Gasteiger partial charge is 0.225 e. The van der Waals surface area contributed by atoms with Crippen LogP contribution in [0, 0.1) is 0 Å². The molecule has 0 aliphatic carbocycles. The molecule has 2 heterocycles. The molecule has 2 saturated heterocycles. The van der Waals surface area contributed by atoms with Crippen LogP contribution in [0.25, 0.3) is 0 Å². The van der Waals surface area contributed by atoms with Crippen LogP contribution in [0.1, 0.15) is 32.1 Å². The van der Waals surface area contributed by atoms with Gasteiger partial charge in [0.05, 0.1) is 25.2 Å². The second-order valence-electron chi connectivity index (χ2n) is 4.40. The first-order valence-electron chi connectivity index (χ1n) is 5.83. The van der Waals surface area contributed by atoms with Crippen molar-refractivity contribution in [1.82, 2.24) is 4.90 Å². The molecule has 4 nitrogen and oxygen atoms in total. The van der Waals surface area contributed by atoms with Crippen LogP contribution in [-0.4, -0.2) is 47.8 Å². The highest BCUT2D eigenvalue weighted by Gasteiger charge is 2.30. The summed E-state index contributed by atoms with van der Waals surface area (Å²) in [6, 6.07) is 0.0545. The zero-order chi connectivity index (χ0) is 10.7. The van der Waals surface area contributed by atoms with E-state index in [1.54, 1.807) is 0 Å². The lowest BCUT2D eigenvalue weighted by molar-refractivity contribution is -0.135.